The number of thiophene rings is 1. The first-order valence-corrected chi connectivity index (χ1v) is 10.4. The highest BCUT2D eigenvalue weighted by Gasteiger charge is 2.26. The molecule has 7 heteroatoms. The van der Waals surface area contributed by atoms with Gasteiger partial charge in [-0.3, -0.25) is 4.79 Å². The molecule has 0 N–H and O–H groups in total. The van der Waals surface area contributed by atoms with Crippen molar-refractivity contribution in [1.82, 2.24) is 8.87 Å². The van der Waals surface area contributed by atoms with Gasteiger partial charge in [0.1, 0.15) is 0 Å². The van der Waals surface area contributed by atoms with E-state index in [0.29, 0.717) is 5.56 Å². The number of rotatable bonds is 7. The number of aryl methyl sites for hydroxylation is 1. The van der Waals surface area contributed by atoms with Crippen molar-refractivity contribution in [3.63, 3.8) is 0 Å². The molecule has 3 aromatic rings. The molecule has 0 spiro atoms. The molecule has 0 amide bonds. The molecule has 3 rings (SSSR count). The van der Waals surface area contributed by atoms with Gasteiger partial charge in [-0.2, -0.15) is 4.31 Å². The van der Waals surface area contributed by atoms with E-state index in [1.807, 2.05) is 47.5 Å². The Kier molecular flexibility index (Phi) is 5.41. The normalized spacial score (nSPS) is 11.8. The number of Topliss-reactive ketones (excluding diaryl/α,β-unsaturated/α-hetero) is 1. The van der Waals surface area contributed by atoms with E-state index >= 15 is 0 Å². The number of carbonyl (C=O) groups is 1. The lowest BCUT2D eigenvalue weighted by Crippen LogP contribution is -2.30. The first-order chi connectivity index (χ1) is 12.4. The standard InChI is InChI=1S/C19H20N2O3S2/c1-15(22)16-6-3-9-19(12-16)26(23,24)21(14-18-8-5-11-25-18)13-17-7-4-10-20(17)2/h3-12H,13-14H2,1-2H3. The van der Waals surface area contributed by atoms with E-state index in [0.717, 1.165) is 10.6 Å². The SMILES string of the molecule is CC(=O)c1cccc(S(=O)(=O)N(Cc2cccs2)Cc2cccn2C)c1. The van der Waals surface area contributed by atoms with E-state index < -0.39 is 10.0 Å². The summed E-state index contributed by atoms with van der Waals surface area (Å²) in [7, 11) is -1.86. The van der Waals surface area contributed by atoms with Crippen LogP contribution < -0.4 is 0 Å². The van der Waals surface area contributed by atoms with Crippen LogP contribution in [0.2, 0.25) is 0 Å². The van der Waals surface area contributed by atoms with Crippen LogP contribution in [-0.2, 0) is 30.2 Å². The minimum atomic E-state index is -3.75. The zero-order chi connectivity index (χ0) is 18.7. The highest BCUT2D eigenvalue weighted by atomic mass is 32.2. The molecule has 0 aliphatic rings. The molecule has 0 saturated heterocycles. The lowest BCUT2D eigenvalue weighted by atomic mass is 10.2. The average Bonchev–Trinajstić information content (AvgIpc) is 3.26. The second-order valence-corrected chi connectivity index (χ2v) is 9.02. The summed E-state index contributed by atoms with van der Waals surface area (Å²) < 4.78 is 29.9. The van der Waals surface area contributed by atoms with Crippen molar-refractivity contribution in [1.29, 1.82) is 0 Å². The third kappa shape index (κ3) is 3.95. The van der Waals surface area contributed by atoms with Crippen molar-refractivity contribution < 1.29 is 13.2 Å². The van der Waals surface area contributed by atoms with Crippen molar-refractivity contribution in [2.75, 3.05) is 0 Å². The van der Waals surface area contributed by atoms with Gasteiger partial charge in [-0.15, -0.1) is 11.3 Å². The molecule has 26 heavy (non-hydrogen) atoms. The van der Waals surface area contributed by atoms with E-state index in [2.05, 4.69) is 0 Å². The summed E-state index contributed by atoms with van der Waals surface area (Å²) in [6, 6.07) is 13.8. The number of hydrogen-bond donors (Lipinski definition) is 0. The maximum atomic E-state index is 13.3. The Bertz CT molecular complexity index is 1010. The van der Waals surface area contributed by atoms with Gasteiger partial charge < -0.3 is 4.57 Å². The monoisotopic (exact) mass is 388 g/mol. The second kappa shape index (κ2) is 7.57. The number of benzene rings is 1. The van der Waals surface area contributed by atoms with E-state index in [1.165, 1.54) is 34.7 Å². The van der Waals surface area contributed by atoms with Gasteiger partial charge in [-0.05, 0) is 42.6 Å². The first kappa shape index (κ1) is 18.6. The third-order valence-electron chi connectivity index (χ3n) is 4.18. The van der Waals surface area contributed by atoms with Crippen LogP contribution in [0.15, 0.2) is 65.0 Å². The molecule has 0 radical (unpaired) electrons. The molecule has 136 valence electrons. The zero-order valence-corrected chi connectivity index (χ0v) is 16.3. The molecule has 0 fully saturated rings. The molecule has 0 unspecified atom stereocenters. The van der Waals surface area contributed by atoms with Crippen LogP contribution in [0.1, 0.15) is 27.9 Å². The lowest BCUT2D eigenvalue weighted by Gasteiger charge is -2.22. The minimum Gasteiger partial charge on any atom is -0.353 e. The smallest absolute Gasteiger partial charge is 0.243 e. The molecule has 1 aromatic carbocycles. The van der Waals surface area contributed by atoms with Crippen LogP contribution in [0.4, 0.5) is 0 Å². The maximum absolute atomic E-state index is 13.3. The number of aromatic nitrogens is 1. The Hall–Kier alpha value is -2.22. The van der Waals surface area contributed by atoms with Crippen LogP contribution in [0.5, 0.6) is 0 Å². The molecule has 0 atom stereocenters. The first-order valence-electron chi connectivity index (χ1n) is 8.11. The van der Waals surface area contributed by atoms with Crippen LogP contribution >= 0.6 is 11.3 Å². The van der Waals surface area contributed by atoms with Crippen molar-refractivity contribution in [2.45, 2.75) is 24.9 Å². The number of ketones is 1. The number of carbonyl (C=O) groups excluding carboxylic acids is 1. The van der Waals surface area contributed by atoms with Crippen LogP contribution in [0.25, 0.3) is 0 Å². The minimum absolute atomic E-state index is 0.135. The predicted octanol–water partition coefficient (Wildman–Crippen LogP) is 3.68. The molecule has 0 saturated carbocycles. The number of hydrogen-bond acceptors (Lipinski definition) is 4. The van der Waals surface area contributed by atoms with Crippen molar-refractivity contribution in [3.8, 4) is 0 Å². The van der Waals surface area contributed by atoms with Gasteiger partial charge in [0.05, 0.1) is 11.4 Å². The van der Waals surface area contributed by atoms with Gasteiger partial charge in [0.15, 0.2) is 5.78 Å². The molecule has 2 aromatic heterocycles. The Morgan fingerprint density at radius 2 is 1.92 bits per heavy atom. The molecule has 0 bridgehead atoms. The summed E-state index contributed by atoms with van der Waals surface area (Å²) in [5.74, 6) is -0.158. The molecule has 5 nitrogen and oxygen atoms in total. The van der Waals surface area contributed by atoms with E-state index in [-0.39, 0.29) is 23.8 Å². The molecule has 2 heterocycles. The summed E-state index contributed by atoms with van der Waals surface area (Å²) >= 11 is 1.52. The van der Waals surface area contributed by atoms with Crippen LogP contribution in [-0.4, -0.2) is 23.1 Å². The van der Waals surface area contributed by atoms with Crippen molar-refractivity contribution in [2.24, 2.45) is 7.05 Å². The van der Waals surface area contributed by atoms with E-state index in [4.69, 9.17) is 0 Å². The quantitative estimate of drug-likeness (QED) is 0.580. The maximum Gasteiger partial charge on any atom is 0.243 e. The van der Waals surface area contributed by atoms with Gasteiger partial charge in [-0.1, -0.05) is 18.2 Å². The highest BCUT2D eigenvalue weighted by molar-refractivity contribution is 7.89. The van der Waals surface area contributed by atoms with E-state index in [9.17, 15) is 13.2 Å². The topological polar surface area (TPSA) is 59.4 Å². The van der Waals surface area contributed by atoms with Gasteiger partial charge in [0.2, 0.25) is 10.0 Å². The van der Waals surface area contributed by atoms with Gasteiger partial charge in [0.25, 0.3) is 0 Å². The van der Waals surface area contributed by atoms with Crippen molar-refractivity contribution in [3.05, 3.63) is 76.2 Å². The largest absolute Gasteiger partial charge is 0.353 e. The predicted molar refractivity (Wildman–Crippen MR) is 103 cm³/mol. The fraction of sp³-hybridized carbons (Fsp3) is 0.211. The average molecular weight is 389 g/mol. The third-order valence-corrected chi connectivity index (χ3v) is 6.83. The van der Waals surface area contributed by atoms with Crippen molar-refractivity contribution >= 4 is 27.1 Å². The van der Waals surface area contributed by atoms with Gasteiger partial charge >= 0.3 is 0 Å². The Morgan fingerprint density at radius 3 is 2.54 bits per heavy atom. The summed E-state index contributed by atoms with van der Waals surface area (Å²) in [5.41, 5.74) is 1.29. The Morgan fingerprint density at radius 1 is 1.12 bits per heavy atom. The zero-order valence-electron chi connectivity index (χ0n) is 14.6. The summed E-state index contributed by atoms with van der Waals surface area (Å²) in [5, 5.41) is 1.93. The van der Waals surface area contributed by atoms with Gasteiger partial charge in [-0.25, -0.2) is 8.42 Å². The molecular weight excluding hydrogens is 368 g/mol. The van der Waals surface area contributed by atoms with E-state index in [1.54, 1.807) is 12.1 Å². The van der Waals surface area contributed by atoms with Gasteiger partial charge in [0, 0.05) is 35.9 Å². The molecule has 0 aliphatic heterocycles. The molecular formula is C19H20N2O3S2. The Labute approximate surface area is 157 Å². The highest BCUT2D eigenvalue weighted by Crippen LogP contribution is 2.23. The van der Waals surface area contributed by atoms with Crippen LogP contribution in [0, 0.1) is 0 Å². The second-order valence-electron chi connectivity index (χ2n) is 6.05. The summed E-state index contributed by atoms with van der Waals surface area (Å²) in [4.78, 5) is 12.7. The molecule has 0 aliphatic carbocycles. The van der Waals surface area contributed by atoms with Crippen LogP contribution in [0.3, 0.4) is 0 Å². The fourth-order valence-corrected chi connectivity index (χ4v) is 4.91. The number of sulfonamides is 1. The summed E-state index contributed by atoms with van der Waals surface area (Å²) in [6.45, 7) is 1.97. The summed E-state index contributed by atoms with van der Waals surface area (Å²) in [6.07, 6.45) is 1.89. The number of nitrogens with zero attached hydrogens (tertiary/aromatic N) is 2. The fourth-order valence-electron chi connectivity index (χ4n) is 2.67. The lowest BCUT2D eigenvalue weighted by molar-refractivity contribution is 0.101. The Balaban J connectivity index is 2.00.